The number of carbonyl (C=O) groups excluding carboxylic acids is 3. The monoisotopic (exact) mass is 543 g/mol. The van der Waals surface area contributed by atoms with Gasteiger partial charge in [0.15, 0.2) is 5.96 Å². The zero-order chi connectivity index (χ0) is 29.1. The van der Waals surface area contributed by atoms with Crippen molar-refractivity contribution in [2.75, 3.05) is 19.6 Å². The third-order valence-corrected chi connectivity index (χ3v) is 6.24. The van der Waals surface area contributed by atoms with Gasteiger partial charge in [0.25, 0.3) is 0 Å². The van der Waals surface area contributed by atoms with Crippen LogP contribution in [0.4, 0.5) is 0 Å². The van der Waals surface area contributed by atoms with Gasteiger partial charge in [-0.1, -0.05) is 20.3 Å². The van der Waals surface area contributed by atoms with Gasteiger partial charge in [0, 0.05) is 6.54 Å². The van der Waals surface area contributed by atoms with Crippen LogP contribution in [0.3, 0.4) is 0 Å². The van der Waals surface area contributed by atoms with Crippen molar-refractivity contribution in [3.63, 3.8) is 0 Å². The number of amides is 3. The van der Waals surface area contributed by atoms with E-state index in [-0.39, 0.29) is 18.3 Å². The number of rotatable bonds is 21. The molecule has 3 amide bonds. The fraction of sp³-hybridized carbons (Fsp3) is 0.792. The summed E-state index contributed by atoms with van der Waals surface area (Å²) in [6.07, 6.45) is 4.22. The molecule has 14 N–H and O–H groups in total. The van der Waals surface area contributed by atoms with Crippen LogP contribution in [0.1, 0.15) is 71.6 Å². The quantitative estimate of drug-likeness (QED) is 0.0445. The summed E-state index contributed by atoms with van der Waals surface area (Å²) in [5.74, 6) is -3.18. The Morgan fingerprint density at radius 1 is 0.789 bits per heavy atom. The van der Waals surface area contributed by atoms with Crippen molar-refractivity contribution in [3.8, 4) is 0 Å². The van der Waals surface area contributed by atoms with Gasteiger partial charge in [0.2, 0.25) is 17.7 Å². The van der Waals surface area contributed by atoms with Gasteiger partial charge in [0.1, 0.15) is 18.1 Å². The number of carboxylic acids is 1. The van der Waals surface area contributed by atoms with Gasteiger partial charge in [-0.25, -0.2) is 4.79 Å². The van der Waals surface area contributed by atoms with Gasteiger partial charge in [-0.05, 0) is 70.4 Å². The summed E-state index contributed by atoms with van der Waals surface area (Å²) in [5.41, 5.74) is 27.6. The Labute approximate surface area is 225 Å². The van der Waals surface area contributed by atoms with Crippen molar-refractivity contribution in [2.45, 2.75) is 95.8 Å². The summed E-state index contributed by atoms with van der Waals surface area (Å²) in [6, 6.07) is -3.93. The number of nitrogens with two attached hydrogens (primary N) is 5. The maximum Gasteiger partial charge on any atom is 0.326 e. The minimum Gasteiger partial charge on any atom is -0.480 e. The topological polar surface area (TPSA) is 267 Å². The van der Waals surface area contributed by atoms with Crippen LogP contribution in [0.15, 0.2) is 4.99 Å². The van der Waals surface area contributed by atoms with Gasteiger partial charge >= 0.3 is 5.97 Å². The number of unbranched alkanes of at least 4 members (excludes halogenated alkanes) is 2. The van der Waals surface area contributed by atoms with Crippen molar-refractivity contribution in [3.05, 3.63) is 0 Å². The smallest absolute Gasteiger partial charge is 0.326 e. The SMILES string of the molecule is CCC(C)C(NC(=O)C(CCCCN)NC(=O)C(N)CCCN=C(N)N)C(=O)NC(CCCCN)C(=O)O. The first-order chi connectivity index (χ1) is 18.0. The van der Waals surface area contributed by atoms with Gasteiger partial charge in [-0.15, -0.1) is 0 Å². The first-order valence-corrected chi connectivity index (χ1v) is 13.3. The first-order valence-electron chi connectivity index (χ1n) is 13.3. The molecule has 0 saturated heterocycles. The minimum absolute atomic E-state index is 0.0511. The summed E-state index contributed by atoms with van der Waals surface area (Å²) in [6.45, 7) is 4.80. The average molecular weight is 544 g/mol. The summed E-state index contributed by atoms with van der Waals surface area (Å²) in [4.78, 5) is 54.5. The Morgan fingerprint density at radius 2 is 1.34 bits per heavy atom. The first kappa shape index (κ1) is 35.0. The van der Waals surface area contributed by atoms with Crippen LogP contribution < -0.4 is 44.6 Å². The highest BCUT2D eigenvalue weighted by molar-refractivity contribution is 5.94. The van der Waals surface area contributed by atoms with E-state index in [1.807, 2.05) is 6.92 Å². The molecule has 0 spiro atoms. The van der Waals surface area contributed by atoms with Crippen LogP contribution in [0, 0.1) is 5.92 Å². The number of nitrogens with one attached hydrogen (secondary N) is 3. The third kappa shape index (κ3) is 14.7. The van der Waals surface area contributed by atoms with Gasteiger partial charge in [-0.3, -0.25) is 19.4 Å². The molecule has 0 radical (unpaired) electrons. The van der Waals surface area contributed by atoms with Crippen LogP contribution in [0.2, 0.25) is 0 Å². The summed E-state index contributed by atoms with van der Waals surface area (Å²) in [5, 5.41) is 17.5. The Balaban J connectivity index is 5.45. The Morgan fingerprint density at radius 3 is 1.84 bits per heavy atom. The molecule has 0 aromatic rings. The standard InChI is InChI=1S/C24H49N9O5/c1-3-15(2)19(22(36)32-18(23(37)38)11-5-7-13-26)33-21(35)17(10-4-6-12-25)31-20(34)16(27)9-8-14-30-24(28)29/h15-19H,3-14,25-27H2,1-2H3,(H,31,34)(H,32,36)(H,33,35)(H,37,38)(H4,28,29,30). The number of aliphatic imine (C=N–C) groups is 1. The summed E-state index contributed by atoms with van der Waals surface area (Å²) < 4.78 is 0. The zero-order valence-corrected chi connectivity index (χ0v) is 22.8. The van der Waals surface area contributed by atoms with Crippen molar-refractivity contribution in [1.29, 1.82) is 0 Å². The predicted octanol–water partition coefficient (Wildman–Crippen LogP) is -1.79. The molecule has 0 aromatic heterocycles. The van der Waals surface area contributed by atoms with Gasteiger partial charge < -0.3 is 49.7 Å². The molecule has 14 nitrogen and oxygen atoms in total. The number of nitrogens with zero attached hydrogens (tertiary/aromatic N) is 1. The summed E-state index contributed by atoms with van der Waals surface area (Å²) in [7, 11) is 0. The van der Waals surface area contributed by atoms with Crippen molar-refractivity contribution in [1.82, 2.24) is 16.0 Å². The lowest BCUT2D eigenvalue weighted by Crippen LogP contribution is -2.58. The fourth-order valence-corrected chi connectivity index (χ4v) is 3.66. The van der Waals surface area contributed by atoms with Crippen LogP contribution in [-0.2, 0) is 19.2 Å². The molecule has 0 aliphatic heterocycles. The molecule has 5 unspecified atom stereocenters. The third-order valence-electron chi connectivity index (χ3n) is 6.24. The highest BCUT2D eigenvalue weighted by Crippen LogP contribution is 2.11. The van der Waals surface area contributed by atoms with Crippen LogP contribution in [0.5, 0.6) is 0 Å². The van der Waals surface area contributed by atoms with E-state index in [0.29, 0.717) is 71.0 Å². The fourth-order valence-electron chi connectivity index (χ4n) is 3.66. The van der Waals surface area contributed by atoms with Crippen LogP contribution >= 0.6 is 0 Å². The molecule has 5 atom stereocenters. The lowest BCUT2D eigenvalue weighted by atomic mass is 9.96. The highest BCUT2D eigenvalue weighted by atomic mass is 16.4. The van der Waals surface area contributed by atoms with Crippen molar-refractivity contribution < 1.29 is 24.3 Å². The number of guanidine groups is 1. The number of carboxylic acid groups (broad SMARTS) is 1. The number of carbonyl (C=O) groups is 4. The number of hydrogen-bond acceptors (Lipinski definition) is 8. The van der Waals surface area contributed by atoms with Crippen molar-refractivity contribution in [2.24, 2.45) is 39.6 Å². The van der Waals surface area contributed by atoms with Gasteiger partial charge in [-0.2, -0.15) is 0 Å². The normalized spacial score (nSPS) is 14.9. The summed E-state index contributed by atoms with van der Waals surface area (Å²) >= 11 is 0. The molecule has 38 heavy (non-hydrogen) atoms. The number of hydrogen-bond donors (Lipinski definition) is 9. The maximum atomic E-state index is 13.2. The highest BCUT2D eigenvalue weighted by Gasteiger charge is 2.32. The van der Waals surface area contributed by atoms with E-state index in [0.717, 1.165) is 0 Å². The van der Waals surface area contributed by atoms with E-state index in [4.69, 9.17) is 28.7 Å². The van der Waals surface area contributed by atoms with E-state index in [1.165, 1.54) is 0 Å². The van der Waals surface area contributed by atoms with Crippen LogP contribution in [0.25, 0.3) is 0 Å². The second kappa shape index (κ2) is 20.1. The second-order valence-electron chi connectivity index (χ2n) is 9.46. The molecule has 0 saturated carbocycles. The molecular weight excluding hydrogens is 494 g/mol. The molecule has 0 aliphatic rings. The average Bonchev–Trinajstić information content (AvgIpc) is 2.87. The van der Waals surface area contributed by atoms with E-state index in [1.54, 1.807) is 6.92 Å². The van der Waals surface area contributed by atoms with E-state index in [2.05, 4.69) is 20.9 Å². The lowest BCUT2D eigenvalue weighted by molar-refractivity contribution is -0.143. The maximum absolute atomic E-state index is 13.2. The van der Waals surface area contributed by atoms with E-state index < -0.39 is 47.9 Å². The van der Waals surface area contributed by atoms with Crippen LogP contribution in [-0.4, -0.2) is 78.6 Å². The lowest BCUT2D eigenvalue weighted by Gasteiger charge is -2.28. The molecule has 0 aromatic carbocycles. The molecule has 0 rings (SSSR count). The Hall–Kier alpha value is -2.97. The molecule has 0 bridgehead atoms. The molecule has 0 aliphatic carbocycles. The van der Waals surface area contributed by atoms with Gasteiger partial charge in [0.05, 0.1) is 6.04 Å². The Kier molecular flexibility index (Phi) is 18.5. The minimum atomic E-state index is -1.16. The second-order valence-corrected chi connectivity index (χ2v) is 9.46. The molecule has 14 heteroatoms. The molecule has 0 heterocycles. The molecule has 0 fully saturated rings. The molecule has 220 valence electrons. The zero-order valence-electron chi connectivity index (χ0n) is 22.8. The largest absolute Gasteiger partial charge is 0.480 e. The van der Waals surface area contributed by atoms with Crippen molar-refractivity contribution >= 4 is 29.7 Å². The predicted molar refractivity (Wildman–Crippen MR) is 147 cm³/mol. The van der Waals surface area contributed by atoms with E-state index in [9.17, 15) is 24.3 Å². The molecular formula is C24H49N9O5. The number of aliphatic carboxylic acids is 1. The Bertz CT molecular complexity index is 762. The van der Waals surface area contributed by atoms with E-state index >= 15 is 0 Å².